The zero-order chi connectivity index (χ0) is 15.7. The first-order chi connectivity index (χ1) is 10.5. The number of nitrogens with zero attached hydrogens (tertiary/aromatic N) is 3. The third-order valence-corrected chi connectivity index (χ3v) is 5.74. The largest absolute Gasteiger partial charge is 0.368 e. The molecule has 3 saturated heterocycles. The molecule has 6 nitrogen and oxygen atoms in total. The molecule has 1 radical (unpaired) electrons. The van der Waals surface area contributed by atoms with Crippen molar-refractivity contribution in [1.82, 2.24) is 14.7 Å². The fraction of sp³-hybridized carbons (Fsp3) is 0.812. The molecule has 123 valence electrons. The second kappa shape index (κ2) is 6.16. The number of primary amides is 1. The van der Waals surface area contributed by atoms with E-state index in [2.05, 4.69) is 16.2 Å². The molecular weight excluding hydrogens is 280 g/mol. The molecule has 22 heavy (non-hydrogen) atoms. The van der Waals surface area contributed by atoms with Gasteiger partial charge in [0.05, 0.1) is 0 Å². The van der Waals surface area contributed by atoms with Crippen molar-refractivity contribution in [2.45, 2.75) is 44.2 Å². The molecule has 2 N–H and O–H groups in total. The van der Waals surface area contributed by atoms with Crippen LogP contribution in [0.25, 0.3) is 0 Å². The minimum atomic E-state index is -0.426. The smallest absolute Gasteiger partial charge is 0.237 e. The van der Waals surface area contributed by atoms with Crippen LogP contribution in [-0.4, -0.2) is 77.4 Å². The highest BCUT2D eigenvalue weighted by molar-refractivity contribution is 5.85. The molecule has 3 aliphatic rings. The summed E-state index contributed by atoms with van der Waals surface area (Å²) < 4.78 is 0. The molecule has 0 aromatic heterocycles. The first-order valence-corrected chi connectivity index (χ1v) is 8.39. The van der Waals surface area contributed by atoms with Crippen LogP contribution in [0.3, 0.4) is 0 Å². The van der Waals surface area contributed by atoms with Gasteiger partial charge >= 0.3 is 0 Å². The Kier molecular flexibility index (Phi) is 4.41. The molecule has 0 spiro atoms. The highest BCUT2D eigenvalue weighted by Crippen LogP contribution is 2.43. The number of carbonyl (C=O) groups excluding carboxylic acids is 2. The zero-order valence-corrected chi connectivity index (χ0v) is 13.5. The van der Waals surface area contributed by atoms with E-state index in [4.69, 9.17) is 5.73 Å². The number of fused-ring (bicyclic) bond motifs is 2. The second-order valence-electron chi connectivity index (χ2n) is 6.86. The van der Waals surface area contributed by atoms with E-state index < -0.39 is 5.54 Å². The number of hydrogen-bond donors (Lipinski definition) is 1. The Morgan fingerprint density at radius 2 is 1.95 bits per heavy atom. The van der Waals surface area contributed by atoms with Crippen LogP contribution in [0.2, 0.25) is 0 Å². The summed E-state index contributed by atoms with van der Waals surface area (Å²) in [6.07, 6.45) is 6.10. The van der Waals surface area contributed by atoms with Gasteiger partial charge in [0.25, 0.3) is 0 Å². The Balaban J connectivity index is 1.55. The van der Waals surface area contributed by atoms with Crippen molar-refractivity contribution in [3.63, 3.8) is 0 Å². The van der Waals surface area contributed by atoms with Gasteiger partial charge in [-0.2, -0.15) is 0 Å². The van der Waals surface area contributed by atoms with Crippen LogP contribution in [0.1, 0.15) is 32.6 Å². The molecule has 2 amide bonds. The van der Waals surface area contributed by atoms with Crippen molar-refractivity contribution >= 4 is 11.8 Å². The molecule has 2 bridgehead atoms. The van der Waals surface area contributed by atoms with Crippen molar-refractivity contribution in [3.8, 4) is 0 Å². The van der Waals surface area contributed by atoms with Gasteiger partial charge in [-0.3, -0.25) is 19.4 Å². The molecule has 2 atom stereocenters. The van der Waals surface area contributed by atoms with Crippen LogP contribution < -0.4 is 5.73 Å². The Bertz CT molecular complexity index is 443. The minimum absolute atomic E-state index is 0.160. The van der Waals surface area contributed by atoms with Crippen LogP contribution in [-0.2, 0) is 9.59 Å². The summed E-state index contributed by atoms with van der Waals surface area (Å²) in [5.74, 6) is 0.00397. The molecule has 0 unspecified atom stereocenters. The second-order valence-corrected chi connectivity index (χ2v) is 6.86. The number of hydrogen-bond acceptors (Lipinski definition) is 4. The van der Waals surface area contributed by atoms with E-state index in [1.165, 1.54) is 0 Å². The summed E-state index contributed by atoms with van der Waals surface area (Å²) in [4.78, 5) is 30.0. The standard InChI is InChI=1S/C16H27N4O2/c1-13(21)19-10-7-18(8-11-19)9-12-20-14-3-2-5-16(20,6-4-14)15(17)22/h2,14H,3-12H2,1H3,(H2,17,22)/t14-,16+/m0/s1. The maximum atomic E-state index is 12.0. The summed E-state index contributed by atoms with van der Waals surface area (Å²) in [6, 6.07) is 0.486. The number of piperazine rings is 1. The predicted molar refractivity (Wildman–Crippen MR) is 83.9 cm³/mol. The minimum Gasteiger partial charge on any atom is -0.368 e. The van der Waals surface area contributed by atoms with E-state index in [0.29, 0.717) is 6.04 Å². The third-order valence-electron chi connectivity index (χ3n) is 5.74. The molecule has 0 aliphatic carbocycles. The normalized spacial score (nSPS) is 33.1. The van der Waals surface area contributed by atoms with Gasteiger partial charge in [0.2, 0.25) is 11.8 Å². The quantitative estimate of drug-likeness (QED) is 0.783. The van der Waals surface area contributed by atoms with Crippen LogP contribution in [0, 0.1) is 6.42 Å². The number of piperidine rings is 1. The molecule has 3 rings (SSSR count). The SMILES string of the molecule is CC(=O)N1CCN(CCN2[C@H]3C[CH]C[C@]2(C(N)=O)CC3)CC1. The fourth-order valence-electron chi connectivity index (χ4n) is 4.33. The van der Waals surface area contributed by atoms with Gasteiger partial charge in [0, 0.05) is 52.2 Å². The number of carbonyl (C=O) groups is 2. The summed E-state index contributed by atoms with van der Waals surface area (Å²) in [5, 5.41) is 0. The highest BCUT2D eigenvalue weighted by Gasteiger charge is 2.52. The van der Waals surface area contributed by atoms with Gasteiger partial charge in [-0.15, -0.1) is 0 Å². The van der Waals surface area contributed by atoms with E-state index in [0.717, 1.165) is 65.0 Å². The van der Waals surface area contributed by atoms with Crippen LogP contribution in [0.5, 0.6) is 0 Å². The first kappa shape index (κ1) is 15.7. The fourth-order valence-corrected chi connectivity index (χ4v) is 4.33. The first-order valence-electron chi connectivity index (χ1n) is 8.39. The van der Waals surface area contributed by atoms with Gasteiger partial charge in [0.1, 0.15) is 5.54 Å². The predicted octanol–water partition coefficient (Wildman–Crippen LogP) is -0.163. The van der Waals surface area contributed by atoms with Crippen molar-refractivity contribution in [2.24, 2.45) is 5.73 Å². The maximum absolute atomic E-state index is 12.0. The van der Waals surface area contributed by atoms with Gasteiger partial charge in [-0.05, 0) is 32.1 Å². The molecule has 0 aromatic rings. The van der Waals surface area contributed by atoms with Crippen LogP contribution >= 0.6 is 0 Å². The zero-order valence-electron chi connectivity index (χ0n) is 13.5. The average Bonchev–Trinajstić information content (AvgIpc) is 2.71. The van der Waals surface area contributed by atoms with Crippen molar-refractivity contribution < 1.29 is 9.59 Å². The maximum Gasteiger partial charge on any atom is 0.237 e. The van der Waals surface area contributed by atoms with Gasteiger partial charge in [-0.1, -0.05) is 0 Å². The average molecular weight is 307 g/mol. The van der Waals surface area contributed by atoms with Crippen LogP contribution in [0.4, 0.5) is 0 Å². The summed E-state index contributed by atoms with van der Waals surface area (Å²) >= 11 is 0. The van der Waals surface area contributed by atoms with E-state index in [9.17, 15) is 9.59 Å². The Hall–Kier alpha value is -1.14. The third kappa shape index (κ3) is 2.74. The molecule has 3 heterocycles. The number of amides is 2. The topological polar surface area (TPSA) is 69.9 Å². The molecule has 6 heteroatoms. The Morgan fingerprint density at radius 1 is 1.23 bits per heavy atom. The van der Waals surface area contributed by atoms with Crippen molar-refractivity contribution in [3.05, 3.63) is 6.42 Å². The monoisotopic (exact) mass is 307 g/mol. The van der Waals surface area contributed by atoms with E-state index >= 15 is 0 Å². The van der Waals surface area contributed by atoms with Crippen LogP contribution in [0.15, 0.2) is 0 Å². The van der Waals surface area contributed by atoms with E-state index in [-0.39, 0.29) is 11.8 Å². The van der Waals surface area contributed by atoms with Gasteiger partial charge in [0.15, 0.2) is 0 Å². The number of rotatable bonds is 4. The lowest BCUT2D eigenvalue weighted by Crippen LogP contribution is -2.60. The molecule has 0 saturated carbocycles. The van der Waals surface area contributed by atoms with E-state index in [1.807, 2.05) is 4.90 Å². The lowest BCUT2D eigenvalue weighted by atomic mass is 9.87. The van der Waals surface area contributed by atoms with E-state index in [1.54, 1.807) is 6.92 Å². The molecule has 3 fully saturated rings. The lowest BCUT2D eigenvalue weighted by Gasteiger charge is -2.44. The lowest BCUT2D eigenvalue weighted by molar-refractivity contribution is -0.132. The number of nitrogens with two attached hydrogens (primary N) is 1. The Labute approximate surface area is 132 Å². The molecular formula is C16H27N4O2. The molecule has 0 aromatic carbocycles. The Morgan fingerprint density at radius 3 is 2.59 bits per heavy atom. The van der Waals surface area contributed by atoms with Crippen molar-refractivity contribution in [2.75, 3.05) is 39.3 Å². The summed E-state index contributed by atoms with van der Waals surface area (Å²) in [7, 11) is 0. The van der Waals surface area contributed by atoms with Gasteiger partial charge < -0.3 is 10.6 Å². The molecule has 3 aliphatic heterocycles. The van der Waals surface area contributed by atoms with Gasteiger partial charge in [-0.25, -0.2) is 0 Å². The summed E-state index contributed by atoms with van der Waals surface area (Å²) in [5.41, 5.74) is 5.31. The van der Waals surface area contributed by atoms with Crippen molar-refractivity contribution in [1.29, 1.82) is 0 Å². The highest BCUT2D eigenvalue weighted by atomic mass is 16.2. The summed E-state index contributed by atoms with van der Waals surface area (Å²) in [6.45, 7) is 6.97.